The summed E-state index contributed by atoms with van der Waals surface area (Å²) in [5.74, 6) is 0.525. The molecule has 1 heteroatoms. The fourth-order valence-electron chi connectivity index (χ4n) is 1.87. The van der Waals surface area contributed by atoms with Crippen LogP contribution in [0.15, 0.2) is 18.2 Å². The van der Waals surface area contributed by atoms with Gasteiger partial charge < -0.3 is 5.11 Å². The van der Waals surface area contributed by atoms with E-state index in [4.69, 9.17) is 0 Å². The summed E-state index contributed by atoms with van der Waals surface area (Å²) >= 11 is 0. The molecule has 0 saturated heterocycles. The van der Waals surface area contributed by atoms with Gasteiger partial charge in [-0.15, -0.1) is 0 Å². The summed E-state index contributed by atoms with van der Waals surface area (Å²) in [6.45, 7) is 4.30. The number of phenolic OH excluding ortho intramolecular Hbond substituents is 1. The van der Waals surface area contributed by atoms with E-state index >= 15 is 0 Å². The molecule has 84 valence electrons. The molecule has 0 aliphatic carbocycles. The molecule has 0 fully saturated rings. The Bertz CT molecular complexity index is 291. The minimum atomic E-state index is 0.525. The maximum atomic E-state index is 9.95. The van der Waals surface area contributed by atoms with E-state index in [1.165, 1.54) is 25.7 Å². The van der Waals surface area contributed by atoms with Crippen molar-refractivity contribution in [3.05, 3.63) is 29.3 Å². The SMILES string of the molecule is CCCCCCc1cccc(CC)c1O. The third kappa shape index (κ3) is 3.58. The van der Waals surface area contributed by atoms with Gasteiger partial charge in [0.05, 0.1) is 0 Å². The van der Waals surface area contributed by atoms with E-state index in [0.29, 0.717) is 5.75 Å². The molecule has 0 radical (unpaired) electrons. The van der Waals surface area contributed by atoms with Crippen LogP contribution in [-0.4, -0.2) is 5.11 Å². The van der Waals surface area contributed by atoms with Crippen molar-refractivity contribution < 1.29 is 5.11 Å². The Morgan fingerprint density at radius 1 is 1.00 bits per heavy atom. The lowest BCUT2D eigenvalue weighted by molar-refractivity contribution is 0.460. The highest BCUT2D eigenvalue weighted by Crippen LogP contribution is 2.24. The van der Waals surface area contributed by atoms with Crippen LogP contribution in [0.4, 0.5) is 0 Å². The summed E-state index contributed by atoms with van der Waals surface area (Å²) in [4.78, 5) is 0. The Morgan fingerprint density at radius 3 is 2.40 bits per heavy atom. The van der Waals surface area contributed by atoms with Crippen LogP contribution in [0.3, 0.4) is 0 Å². The molecule has 0 unspecified atom stereocenters. The molecule has 0 aliphatic rings. The summed E-state index contributed by atoms with van der Waals surface area (Å²) in [5.41, 5.74) is 2.19. The molecule has 1 aromatic rings. The fraction of sp³-hybridized carbons (Fsp3) is 0.571. The quantitative estimate of drug-likeness (QED) is 0.695. The summed E-state index contributed by atoms with van der Waals surface area (Å²) in [7, 11) is 0. The van der Waals surface area contributed by atoms with Gasteiger partial charge in [-0.25, -0.2) is 0 Å². The van der Waals surface area contributed by atoms with Gasteiger partial charge in [0.2, 0.25) is 0 Å². The Kier molecular flexibility index (Phi) is 5.23. The molecule has 1 rings (SSSR count). The van der Waals surface area contributed by atoms with Crippen LogP contribution in [0, 0.1) is 0 Å². The maximum Gasteiger partial charge on any atom is 0.121 e. The van der Waals surface area contributed by atoms with Crippen molar-refractivity contribution in [1.82, 2.24) is 0 Å². The molecule has 0 heterocycles. The standard InChI is InChI=1S/C14H22O/c1-3-5-6-7-9-13-11-8-10-12(4-2)14(13)15/h8,10-11,15H,3-7,9H2,1-2H3. The second-order valence-corrected chi connectivity index (χ2v) is 4.09. The van der Waals surface area contributed by atoms with E-state index in [1.807, 2.05) is 18.2 Å². The van der Waals surface area contributed by atoms with Crippen LogP contribution in [0.2, 0.25) is 0 Å². The van der Waals surface area contributed by atoms with Crippen molar-refractivity contribution in [3.8, 4) is 5.75 Å². The molecule has 0 aromatic heterocycles. The van der Waals surface area contributed by atoms with Gasteiger partial charge in [-0.1, -0.05) is 51.3 Å². The third-order valence-electron chi connectivity index (χ3n) is 2.88. The van der Waals surface area contributed by atoms with Crippen LogP contribution in [0.25, 0.3) is 0 Å². The average molecular weight is 206 g/mol. The molecule has 1 aromatic carbocycles. The number of hydrogen-bond donors (Lipinski definition) is 1. The molecule has 15 heavy (non-hydrogen) atoms. The first kappa shape index (κ1) is 12.1. The van der Waals surface area contributed by atoms with Crippen molar-refractivity contribution in [2.45, 2.75) is 52.4 Å². The van der Waals surface area contributed by atoms with Crippen LogP contribution in [-0.2, 0) is 12.8 Å². The van der Waals surface area contributed by atoms with Gasteiger partial charge in [0.25, 0.3) is 0 Å². The number of unbranched alkanes of at least 4 members (excludes halogenated alkanes) is 3. The molecule has 0 aliphatic heterocycles. The number of para-hydroxylation sites is 1. The first-order valence-corrected chi connectivity index (χ1v) is 6.09. The highest BCUT2D eigenvalue weighted by molar-refractivity contribution is 5.40. The smallest absolute Gasteiger partial charge is 0.121 e. The second kappa shape index (κ2) is 6.49. The molecule has 0 atom stereocenters. The van der Waals surface area contributed by atoms with Gasteiger partial charge in [0, 0.05) is 0 Å². The van der Waals surface area contributed by atoms with Gasteiger partial charge >= 0.3 is 0 Å². The number of phenols is 1. The van der Waals surface area contributed by atoms with Crippen LogP contribution in [0.5, 0.6) is 5.75 Å². The lowest BCUT2D eigenvalue weighted by Crippen LogP contribution is -1.90. The number of aromatic hydroxyl groups is 1. The molecular formula is C14H22O. The molecule has 0 spiro atoms. The highest BCUT2D eigenvalue weighted by atomic mass is 16.3. The predicted octanol–water partition coefficient (Wildman–Crippen LogP) is 4.08. The van der Waals surface area contributed by atoms with Crippen molar-refractivity contribution in [2.75, 3.05) is 0 Å². The monoisotopic (exact) mass is 206 g/mol. The van der Waals surface area contributed by atoms with Crippen LogP contribution >= 0.6 is 0 Å². The summed E-state index contributed by atoms with van der Waals surface area (Å²) in [6.07, 6.45) is 6.95. The van der Waals surface area contributed by atoms with Crippen molar-refractivity contribution >= 4 is 0 Å². The largest absolute Gasteiger partial charge is 0.507 e. The topological polar surface area (TPSA) is 20.2 Å². The van der Waals surface area contributed by atoms with Gasteiger partial charge in [0.1, 0.15) is 5.75 Å². The number of rotatable bonds is 6. The third-order valence-corrected chi connectivity index (χ3v) is 2.88. The minimum Gasteiger partial charge on any atom is -0.507 e. The lowest BCUT2D eigenvalue weighted by atomic mass is 10.0. The summed E-state index contributed by atoms with van der Waals surface area (Å²) < 4.78 is 0. The zero-order chi connectivity index (χ0) is 11.1. The molecule has 0 amide bonds. The van der Waals surface area contributed by atoms with Gasteiger partial charge in [-0.2, -0.15) is 0 Å². The van der Waals surface area contributed by atoms with Gasteiger partial charge in [-0.05, 0) is 30.4 Å². The van der Waals surface area contributed by atoms with Crippen LogP contribution < -0.4 is 0 Å². The zero-order valence-electron chi connectivity index (χ0n) is 9.92. The van der Waals surface area contributed by atoms with E-state index in [1.54, 1.807) is 0 Å². The molecule has 0 bridgehead atoms. The minimum absolute atomic E-state index is 0.525. The zero-order valence-corrected chi connectivity index (χ0v) is 9.92. The molecule has 1 N–H and O–H groups in total. The van der Waals surface area contributed by atoms with E-state index in [9.17, 15) is 5.11 Å². The number of hydrogen-bond acceptors (Lipinski definition) is 1. The second-order valence-electron chi connectivity index (χ2n) is 4.09. The van der Waals surface area contributed by atoms with Crippen molar-refractivity contribution in [3.63, 3.8) is 0 Å². The molecule has 0 saturated carbocycles. The van der Waals surface area contributed by atoms with Gasteiger partial charge in [-0.3, -0.25) is 0 Å². The van der Waals surface area contributed by atoms with E-state index in [0.717, 1.165) is 24.0 Å². The number of aryl methyl sites for hydroxylation is 2. The van der Waals surface area contributed by atoms with E-state index < -0.39 is 0 Å². The Morgan fingerprint density at radius 2 is 1.73 bits per heavy atom. The highest BCUT2D eigenvalue weighted by Gasteiger charge is 2.04. The first-order valence-electron chi connectivity index (χ1n) is 6.09. The average Bonchev–Trinajstić information content (AvgIpc) is 2.26. The fourth-order valence-corrected chi connectivity index (χ4v) is 1.87. The lowest BCUT2D eigenvalue weighted by Gasteiger charge is -2.08. The molecular weight excluding hydrogens is 184 g/mol. The van der Waals surface area contributed by atoms with Crippen LogP contribution in [0.1, 0.15) is 50.7 Å². The summed E-state index contributed by atoms with van der Waals surface area (Å²) in [5, 5.41) is 9.95. The van der Waals surface area contributed by atoms with E-state index in [2.05, 4.69) is 13.8 Å². The Labute approximate surface area is 93.1 Å². The molecule has 1 nitrogen and oxygen atoms in total. The number of benzene rings is 1. The van der Waals surface area contributed by atoms with E-state index in [-0.39, 0.29) is 0 Å². The van der Waals surface area contributed by atoms with Gasteiger partial charge in [0.15, 0.2) is 0 Å². The Hall–Kier alpha value is -0.980. The Balaban J connectivity index is 2.53. The first-order chi connectivity index (χ1) is 7.29. The predicted molar refractivity (Wildman–Crippen MR) is 65.3 cm³/mol. The summed E-state index contributed by atoms with van der Waals surface area (Å²) in [6, 6.07) is 6.10. The van der Waals surface area contributed by atoms with Crippen molar-refractivity contribution in [1.29, 1.82) is 0 Å². The maximum absolute atomic E-state index is 9.95. The normalized spacial score (nSPS) is 10.5. The van der Waals surface area contributed by atoms with Crippen molar-refractivity contribution in [2.24, 2.45) is 0 Å².